The molecule has 5 nitrogen and oxygen atoms in total. The Morgan fingerprint density at radius 3 is 2.62 bits per heavy atom. The van der Waals surface area contributed by atoms with Gasteiger partial charge < -0.3 is 20.1 Å². The molecular formula is C16H19N3O2. The highest BCUT2D eigenvalue weighted by atomic mass is 16.7. The molecule has 3 heterocycles. The number of benzene rings is 1. The number of fused-ring (bicyclic) bond motifs is 1. The van der Waals surface area contributed by atoms with E-state index in [1.165, 1.54) is 0 Å². The van der Waals surface area contributed by atoms with Gasteiger partial charge in [-0.15, -0.1) is 0 Å². The summed E-state index contributed by atoms with van der Waals surface area (Å²) in [6, 6.07) is 8.05. The molecule has 0 unspecified atom stereocenters. The average Bonchev–Trinajstić information content (AvgIpc) is 2.98. The topological polar surface area (TPSA) is 60.6 Å². The van der Waals surface area contributed by atoms with Crippen LogP contribution in [0.2, 0.25) is 0 Å². The van der Waals surface area contributed by atoms with E-state index in [2.05, 4.69) is 16.0 Å². The summed E-state index contributed by atoms with van der Waals surface area (Å²) in [6.45, 7) is 3.22. The van der Waals surface area contributed by atoms with Crippen molar-refractivity contribution in [3.63, 3.8) is 0 Å². The lowest BCUT2D eigenvalue weighted by Gasteiger charge is -2.39. The quantitative estimate of drug-likeness (QED) is 0.814. The number of hydrogen-bond acceptors (Lipinski definition) is 5. The third-order valence-electron chi connectivity index (χ3n) is 4.48. The number of ether oxygens (including phenoxy) is 2. The molecule has 110 valence electrons. The van der Waals surface area contributed by atoms with Gasteiger partial charge in [0.1, 0.15) is 0 Å². The monoisotopic (exact) mass is 285 g/mol. The van der Waals surface area contributed by atoms with E-state index < -0.39 is 0 Å². The molecule has 2 N–H and O–H groups in total. The highest BCUT2D eigenvalue weighted by molar-refractivity contribution is 5.97. The fourth-order valence-electron chi connectivity index (χ4n) is 3.31. The summed E-state index contributed by atoms with van der Waals surface area (Å²) in [6.07, 6.45) is 3.57. The van der Waals surface area contributed by atoms with Gasteiger partial charge in [0, 0.05) is 37.5 Å². The number of piperidine rings is 1. The molecule has 0 amide bonds. The second-order valence-corrected chi connectivity index (χ2v) is 5.66. The molecule has 21 heavy (non-hydrogen) atoms. The summed E-state index contributed by atoms with van der Waals surface area (Å²) in [7, 11) is 0. The number of nitrogens with zero attached hydrogens (tertiary/aromatic N) is 2. The zero-order chi connectivity index (χ0) is 14.3. The van der Waals surface area contributed by atoms with Crippen LogP contribution in [0.25, 0.3) is 10.9 Å². The van der Waals surface area contributed by atoms with Gasteiger partial charge >= 0.3 is 0 Å². The van der Waals surface area contributed by atoms with Gasteiger partial charge in [-0.1, -0.05) is 0 Å². The number of nitrogen functional groups attached to an aromatic ring is 1. The fourth-order valence-corrected chi connectivity index (χ4v) is 3.31. The second kappa shape index (κ2) is 4.86. The summed E-state index contributed by atoms with van der Waals surface area (Å²) < 4.78 is 11.6. The molecule has 2 saturated heterocycles. The third kappa shape index (κ3) is 2.13. The van der Waals surface area contributed by atoms with Crippen LogP contribution >= 0.6 is 0 Å². The normalized spacial score (nSPS) is 21.2. The fraction of sp³-hybridized carbons (Fsp3) is 0.438. The van der Waals surface area contributed by atoms with Crippen LogP contribution in [0.3, 0.4) is 0 Å². The molecule has 0 radical (unpaired) electrons. The molecule has 0 bridgehead atoms. The van der Waals surface area contributed by atoms with Gasteiger partial charge in [-0.05, 0) is 24.3 Å². The summed E-state index contributed by atoms with van der Waals surface area (Å²) >= 11 is 0. The lowest BCUT2D eigenvalue weighted by atomic mass is 10.0. The van der Waals surface area contributed by atoms with E-state index in [-0.39, 0.29) is 5.79 Å². The molecule has 2 fully saturated rings. The average molecular weight is 285 g/mol. The van der Waals surface area contributed by atoms with Crippen molar-refractivity contribution in [2.24, 2.45) is 0 Å². The van der Waals surface area contributed by atoms with Crippen molar-refractivity contribution >= 4 is 22.3 Å². The number of rotatable bonds is 1. The molecule has 0 atom stereocenters. The predicted molar refractivity (Wildman–Crippen MR) is 82.2 cm³/mol. The second-order valence-electron chi connectivity index (χ2n) is 5.66. The molecule has 1 spiro atoms. The summed E-state index contributed by atoms with van der Waals surface area (Å²) in [4.78, 5) is 6.67. The van der Waals surface area contributed by atoms with Crippen LogP contribution in [-0.2, 0) is 9.47 Å². The van der Waals surface area contributed by atoms with E-state index in [9.17, 15) is 0 Å². The Hall–Kier alpha value is -1.85. The smallest absolute Gasteiger partial charge is 0.171 e. The first-order valence-electron chi connectivity index (χ1n) is 7.44. The number of nitrogens with two attached hydrogens (primary N) is 1. The highest BCUT2D eigenvalue weighted by Crippen LogP contribution is 2.36. The summed E-state index contributed by atoms with van der Waals surface area (Å²) in [5, 5.41) is 1.02. The minimum absolute atomic E-state index is 0.344. The van der Waals surface area contributed by atoms with Crippen LogP contribution in [0.1, 0.15) is 12.8 Å². The Balaban J connectivity index is 1.61. The number of hydrogen-bond donors (Lipinski definition) is 1. The van der Waals surface area contributed by atoms with Crippen molar-refractivity contribution < 1.29 is 9.47 Å². The molecule has 0 aliphatic carbocycles. The number of anilines is 2. The molecule has 1 aromatic carbocycles. The van der Waals surface area contributed by atoms with Crippen molar-refractivity contribution in [1.29, 1.82) is 0 Å². The van der Waals surface area contributed by atoms with Gasteiger partial charge in [-0.25, -0.2) is 0 Å². The standard InChI is InChI=1S/C16H19N3O2/c17-15-12-2-1-7-18-13(12)3-4-14(15)19-8-5-16(6-9-19)20-10-11-21-16/h1-4,7H,5-6,8-11,17H2. The molecule has 0 saturated carbocycles. The largest absolute Gasteiger partial charge is 0.396 e. The lowest BCUT2D eigenvalue weighted by Crippen LogP contribution is -2.45. The Morgan fingerprint density at radius 2 is 1.86 bits per heavy atom. The number of aromatic nitrogens is 1. The van der Waals surface area contributed by atoms with Gasteiger partial charge in [0.05, 0.1) is 30.1 Å². The van der Waals surface area contributed by atoms with Gasteiger partial charge in [-0.2, -0.15) is 0 Å². The maximum Gasteiger partial charge on any atom is 0.171 e. The van der Waals surface area contributed by atoms with Crippen molar-refractivity contribution in [3.8, 4) is 0 Å². The zero-order valence-corrected chi connectivity index (χ0v) is 11.9. The molecule has 2 aliphatic rings. The molecule has 5 heteroatoms. The van der Waals surface area contributed by atoms with Crippen molar-refractivity contribution in [3.05, 3.63) is 30.5 Å². The van der Waals surface area contributed by atoms with Gasteiger partial charge in [-0.3, -0.25) is 4.98 Å². The Morgan fingerprint density at radius 1 is 1.10 bits per heavy atom. The maximum absolute atomic E-state index is 6.35. The third-order valence-corrected chi connectivity index (χ3v) is 4.48. The first-order valence-corrected chi connectivity index (χ1v) is 7.44. The first-order chi connectivity index (χ1) is 10.3. The van der Waals surface area contributed by atoms with Gasteiger partial charge in [0.15, 0.2) is 5.79 Å². The maximum atomic E-state index is 6.35. The SMILES string of the molecule is Nc1c(N2CCC3(CC2)OCCO3)ccc2ncccc12. The van der Waals surface area contributed by atoms with E-state index in [4.69, 9.17) is 15.2 Å². The Kier molecular flexibility index (Phi) is 2.97. The number of pyridine rings is 1. The minimum atomic E-state index is -0.344. The molecule has 2 aromatic rings. The zero-order valence-electron chi connectivity index (χ0n) is 11.9. The molecule has 2 aliphatic heterocycles. The van der Waals surface area contributed by atoms with Crippen LogP contribution in [0.4, 0.5) is 11.4 Å². The predicted octanol–water partition coefficient (Wildman–Crippen LogP) is 2.16. The first kappa shape index (κ1) is 12.9. The molecule has 4 rings (SSSR count). The van der Waals surface area contributed by atoms with Crippen molar-refractivity contribution in [1.82, 2.24) is 4.98 Å². The molecule has 1 aromatic heterocycles. The Bertz CT molecular complexity index is 658. The van der Waals surface area contributed by atoms with E-state index in [0.29, 0.717) is 13.2 Å². The van der Waals surface area contributed by atoms with E-state index in [1.807, 2.05) is 18.2 Å². The van der Waals surface area contributed by atoms with Crippen LogP contribution in [0, 0.1) is 0 Å². The van der Waals surface area contributed by atoms with Crippen LogP contribution in [0.5, 0.6) is 0 Å². The highest BCUT2D eigenvalue weighted by Gasteiger charge is 2.40. The summed E-state index contributed by atoms with van der Waals surface area (Å²) in [5.74, 6) is -0.344. The Labute approximate surface area is 123 Å². The van der Waals surface area contributed by atoms with E-state index in [1.54, 1.807) is 6.20 Å². The minimum Gasteiger partial charge on any atom is -0.396 e. The summed E-state index contributed by atoms with van der Waals surface area (Å²) in [5.41, 5.74) is 9.19. The van der Waals surface area contributed by atoms with Crippen molar-refractivity contribution in [2.75, 3.05) is 36.9 Å². The lowest BCUT2D eigenvalue weighted by molar-refractivity contribution is -0.169. The molecular weight excluding hydrogens is 266 g/mol. The van der Waals surface area contributed by atoms with Crippen LogP contribution < -0.4 is 10.6 Å². The van der Waals surface area contributed by atoms with E-state index in [0.717, 1.165) is 48.2 Å². The van der Waals surface area contributed by atoms with Gasteiger partial charge in [0.25, 0.3) is 0 Å². The van der Waals surface area contributed by atoms with Crippen LogP contribution in [0.15, 0.2) is 30.5 Å². The van der Waals surface area contributed by atoms with Gasteiger partial charge in [0.2, 0.25) is 0 Å². The van der Waals surface area contributed by atoms with E-state index >= 15 is 0 Å². The van der Waals surface area contributed by atoms with Crippen LogP contribution in [-0.4, -0.2) is 37.1 Å². The van der Waals surface area contributed by atoms with Crippen molar-refractivity contribution in [2.45, 2.75) is 18.6 Å².